The van der Waals surface area contributed by atoms with E-state index >= 15 is 0 Å². The Bertz CT molecular complexity index is 663. The molecule has 1 aromatic carbocycles. The van der Waals surface area contributed by atoms with E-state index in [0.717, 1.165) is 5.56 Å². The second-order valence-electron chi connectivity index (χ2n) is 5.20. The van der Waals surface area contributed by atoms with E-state index in [1.165, 1.54) is 12.3 Å². The number of furan rings is 1. The van der Waals surface area contributed by atoms with Gasteiger partial charge in [-0.25, -0.2) is 4.79 Å². The first-order valence-electron chi connectivity index (χ1n) is 7.23. The maximum atomic E-state index is 12.2. The molecule has 0 aliphatic rings. The van der Waals surface area contributed by atoms with E-state index in [2.05, 4.69) is 5.32 Å². The summed E-state index contributed by atoms with van der Waals surface area (Å²) >= 11 is 0. The molecule has 6 nitrogen and oxygen atoms in total. The van der Waals surface area contributed by atoms with E-state index < -0.39 is 17.4 Å². The smallest absolute Gasteiger partial charge is 0.329 e. The number of hydrogen-bond acceptors (Lipinski definition) is 4. The van der Waals surface area contributed by atoms with Gasteiger partial charge in [-0.2, -0.15) is 0 Å². The van der Waals surface area contributed by atoms with Crippen molar-refractivity contribution in [3.05, 3.63) is 54.0 Å². The lowest BCUT2D eigenvalue weighted by Crippen LogP contribution is -2.55. The number of aliphatic carboxylic acids is 1. The first-order valence-corrected chi connectivity index (χ1v) is 7.23. The topological polar surface area (TPSA) is 88.8 Å². The van der Waals surface area contributed by atoms with Crippen LogP contribution in [0.25, 0.3) is 0 Å². The van der Waals surface area contributed by atoms with E-state index in [9.17, 15) is 14.7 Å². The Morgan fingerprint density at radius 1 is 1.26 bits per heavy atom. The summed E-state index contributed by atoms with van der Waals surface area (Å²) < 4.78 is 10.1. The molecule has 122 valence electrons. The molecule has 0 radical (unpaired) electrons. The van der Waals surface area contributed by atoms with Crippen LogP contribution in [0.4, 0.5) is 0 Å². The third-order valence-corrected chi connectivity index (χ3v) is 3.78. The van der Waals surface area contributed by atoms with E-state index in [-0.39, 0.29) is 18.6 Å². The summed E-state index contributed by atoms with van der Waals surface area (Å²) in [6, 6.07) is 10.1. The van der Waals surface area contributed by atoms with Crippen molar-refractivity contribution in [1.29, 1.82) is 0 Å². The summed E-state index contributed by atoms with van der Waals surface area (Å²) in [6.07, 6.45) is 1.77. The first-order chi connectivity index (χ1) is 11.0. The van der Waals surface area contributed by atoms with Crippen molar-refractivity contribution in [2.75, 3.05) is 7.11 Å². The molecule has 0 saturated heterocycles. The number of amides is 1. The molecule has 2 rings (SSSR count). The number of carbonyl (C=O) groups is 2. The van der Waals surface area contributed by atoms with Crippen LogP contribution in [-0.4, -0.2) is 29.6 Å². The molecule has 0 saturated carbocycles. The lowest BCUT2D eigenvalue weighted by Gasteiger charge is -2.29. The molecule has 2 aromatic rings. The Kier molecular flexibility index (Phi) is 5.05. The minimum Gasteiger partial charge on any atom is -0.497 e. The molecule has 1 unspecified atom stereocenters. The van der Waals surface area contributed by atoms with Crippen LogP contribution in [0.5, 0.6) is 5.75 Å². The highest BCUT2D eigenvalue weighted by molar-refractivity contribution is 5.95. The molecule has 2 N–H and O–H groups in total. The number of methoxy groups -OCH3 is 1. The van der Waals surface area contributed by atoms with Crippen molar-refractivity contribution in [3.63, 3.8) is 0 Å². The van der Waals surface area contributed by atoms with Gasteiger partial charge in [0.15, 0.2) is 5.76 Å². The maximum Gasteiger partial charge on any atom is 0.329 e. The van der Waals surface area contributed by atoms with Crippen LogP contribution >= 0.6 is 0 Å². The quantitative estimate of drug-likeness (QED) is 0.819. The normalized spacial score (nSPS) is 13.1. The average Bonchev–Trinajstić information content (AvgIpc) is 3.09. The van der Waals surface area contributed by atoms with Crippen LogP contribution in [0.3, 0.4) is 0 Å². The number of nitrogens with one attached hydrogen (secondary N) is 1. The predicted molar refractivity (Wildman–Crippen MR) is 83.5 cm³/mol. The second-order valence-corrected chi connectivity index (χ2v) is 5.20. The lowest BCUT2D eigenvalue weighted by molar-refractivity contribution is -0.144. The molecular weight excluding hydrogens is 298 g/mol. The van der Waals surface area contributed by atoms with Gasteiger partial charge in [-0.3, -0.25) is 4.79 Å². The summed E-state index contributed by atoms with van der Waals surface area (Å²) in [4.78, 5) is 24.0. The maximum absolute atomic E-state index is 12.2. The minimum absolute atomic E-state index is 0.0822. The minimum atomic E-state index is -1.40. The third-order valence-electron chi connectivity index (χ3n) is 3.78. The molecule has 1 amide bonds. The molecule has 0 aliphatic heterocycles. The fraction of sp³-hybridized carbons (Fsp3) is 0.294. The van der Waals surface area contributed by atoms with Crippen molar-refractivity contribution in [2.45, 2.75) is 25.3 Å². The van der Waals surface area contributed by atoms with Gasteiger partial charge in [0, 0.05) is 6.42 Å². The van der Waals surface area contributed by atoms with E-state index in [1.807, 2.05) is 0 Å². The predicted octanol–water partition coefficient (Wildman–Crippen LogP) is 2.49. The van der Waals surface area contributed by atoms with E-state index in [1.54, 1.807) is 44.4 Å². The first kappa shape index (κ1) is 16.6. The highest BCUT2D eigenvalue weighted by Gasteiger charge is 2.39. The number of carboxylic acid groups (broad SMARTS) is 1. The lowest BCUT2D eigenvalue weighted by atomic mass is 9.88. The van der Waals surface area contributed by atoms with Gasteiger partial charge in [-0.1, -0.05) is 19.1 Å². The van der Waals surface area contributed by atoms with Gasteiger partial charge in [0.05, 0.1) is 13.4 Å². The van der Waals surface area contributed by atoms with Gasteiger partial charge >= 0.3 is 5.97 Å². The molecule has 0 bridgehead atoms. The number of rotatable bonds is 7. The van der Waals surface area contributed by atoms with Gasteiger partial charge in [0.1, 0.15) is 11.3 Å². The van der Waals surface area contributed by atoms with Gasteiger partial charge in [0.2, 0.25) is 0 Å². The standard InChI is InChI=1S/C17H19NO5/c1-3-17(16(20)21,18-15(19)14-5-4-10-23-14)11-12-6-8-13(22-2)9-7-12/h4-10H,3,11H2,1-2H3,(H,18,19)(H,20,21). The Hall–Kier alpha value is -2.76. The van der Waals surface area contributed by atoms with Crippen molar-refractivity contribution in [1.82, 2.24) is 5.32 Å². The summed E-state index contributed by atoms with van der Waals surface area (Å²) in [5.41, 5.74) is -0.617. The van der Waals surface area contributed by atoms with Crippen LogP contribution in [-0.2, 0) is 11.2 Å². The van der Waals surface area contributed by atoms with Crippen molar-refractivity contribution >= 4 is 11.9 Å². The highest BCUT2D eigenvalue weighted by Crippen LogP contribution is 2.21. The monoisotopic (exact) mass is 317 g/mol. The van der Waals surface area contributed by atoms with Crippen LogP contribution < -0.4 is 10.1 Å². The summed E-state index contributed by atoms with van der Waals surface area (Å²) in [5.74, 6) is -0.868. The number of carboxylic acids is 1. The Morgan fingerprint density at radius 2 is 1.96 bits per heavy atom. The SMILES string of the molecule is CCC(Cc1ccc(OC)cc1)(NC(=O)c1ccco1)C(=O)O. The number of benzene rings is 1. The fourth-order valence-electron chi connectivity index (χ4n) is 2.32. The number of ether oxygens (including phenoxy) is 1. The Balaban J connectivity index is 2.23. The van der Waals surface area contributed by atoms with Gasteiger partial charge in [-0.15, -0.1) is 0 Å². The zero-order chi connectivity index (χ0) is 16.9. The average molecular weight is 317 g/mol. The zero-order valence-electron chi connectivity index (χ0n) is 13.0. The van der Waals surface area contributed by atoms with Crippen LogP contribution in [0.2, 0.25) is 0 Å². The summed E-state index contributed by atoms with van der Waals surface area (Å²) in [6.45, 7) is 1.72. The molecule has 23 heavy (non-hydrogen) atoms. The summed E-state index contributed by atoms with van der Waals surface area (Å²) in [7, 11) is 1.56. The van der Waals surface area contributed by atoms with Crippen molar-refractivity contribution < 1.29 is 23.8 Å². The van der Waals surface area contributed by atoms with E-state index in [0.29, 0.717) is 5.75 Å². The van der Waals surface area contributed by atoms with Crippen LogP contribution in [0, 0.1) is 0 Å². The van der Waals surface area contributed by atoms with Crippen molar-refractivity contribution in [2.24, 2.45) is 0 Å². The third kappa shape index (κ3) is 3.71. The molecule has 0 spiro atoms. The van der Waals surface area contributed by atoms with Crippen LogP contribution in [0.15, 0.2) is 47.1 Å². The highest BCUT2D eigenvalue weighted by atomic mass is 16.5. The largest absolute Gasteiger partial charge is 0.497 e. The molecule has 0 aliphatic carbocycles. The van der Waals surface area contributed by atoms with Crippen molar-refractivity contribution in [3.8, 4) is 5.75 Å². The molecule has 1 heterocycles. The second kappa shape index (κ2) is 7.00. The van der Waals surface area contributed by atoms with Gasteiger partial charge in [-0.05, 0) is 36.2 Å². The summed E-state index contributed by atoms with van der Waals surface area (Å²) in [5, 5.41) is 12.3. The molecule has 1 atom stereocenters. The van der Waals surface area contributed by atoms with Gasteiger partial charge in [0.25, 0.3) is 5.91 Å². The molecule has 1 aromatic heterocycles. The zero-order valence-corrected chi connectivity index (χ0v) is 13.0. The number of carbonyl (C=O) groups excluding carboxylic acids is 1. The van der Waals surface area contributed by atoms with Crippen LogP contribution in [0.1, 0.15) is 29.5 Å². The van der Waals surface area contributed by atoms with Gasteiger partial charge < -0.3 is 19.6 Å². The van der Waals surface area contributed by atoms with E-state index in [4.69, 9.17) is 9.15 Å². The fourth-order valence-corrected chi connectivity index (χ4v) is 2.32. The molecule has 0 fully saturated rings. The Morgan fingerprint density at radius 3 is 2.43 bits per heavy atom. The Labute approximate surface area is 134 Å². The number of hydrogen-bond donors (Lipinski definition) is 2. The molecule has 6 heteroatoms. The molecular formula is C17H19NO5.